The lowest BCUT2D eigenvalue weighted by molar-refractivity contribution is -0.159. The first-order chi connectivity index (χ1) is 9.88. The van der Waals surface area contributed by atoms with Crippen LogP contribution in [0, 0.1) is 11.8 Å². The van der Waals surface area contributed by atoms with Crippen LogP contribution in [0.15, 0.2) is 0 Å². The van der Waals surface area contributed by atoms with Gasteiger partial charge in [-0.25, -0.2) is 9.59 Å². The van der Waals surface area contributed by atoms with Crippen molar-refractivity contribution >= 4 is 17.8 Å². The number of amides is 1. The van der Waals surface area contributed by atoms with Gasteiger partial charge in [-0.2, -0.15) is 0 Å². The van der Waals surface area contributed by atoms with Gasteiger partial charge in [0.2, 0.25) is 5.91 Å². The van der Waals surface area contributed by atoms with Crippen molar-refractivity contribution < 1.29 is 24.6 Å². The Labute approximate surface area is 123 Å². The third-order valence-corrected chi connectivity index (χ3v) is 2.73. The van der Waals surface area contributed by atoms with Gasteiger partial charge in [0.1, 0.15) is 0 Å². The normalized spacial score (nSPS) is 13.4. The standard InChI is InChI=1S/C11H19N3O.C2H2O4/c1-13(11(15)10-12)6-2-3-7-14-8-4-5-9-14;3-1(4)2(5)6/h4-10,12H2,1H3;(H,3,4)(H,5,6). The molecule has 0 saturated carbocycles. The first kappa shape index (κ1) is 18.9. The number of carbonyl (C=O) groups excluding carboxylic acids is 1. The molecule has 1 saturated heterocycles. The molecule has 1 rings (SSSR count). The predicted octanol–water partition coefficient (Wildman–Crippen LogP) is -1.34. The number of hydrogen-bond acceptors (Lipinski definition) is 5. The minimum Gasteiger partial charge on any atom is -0.473 e. The Morgan fingerprint density at radius 2 is 1.67 bits per heavy atom. The zero-order valence-corrected chi connectivity index (χ0v) is 12.0. The van der Waals surface area contributed by atoms with Gasteiger partial charge in [-0.3, -0.25) is 9.69 Å². The van der Waals surface area contributed by atoms with Crippen LogP contribution in [-0.4, -0.2) is 77.6 Å². The van der Waals surface area contributed by atoms with Crippen molar-refractivity contribution in [3.63, 3.8) is 0 Å². The van der Waals surface area contributed by atoms with Gasteiger partial charge >= 0.3 is 11.9 Å². The van der Waals surface area contributed by atoms with Gasteiger partial charge in [-0.1, -0.05) is 11.8 Å². The maximum Gasteiger partial charge on any atom is 0.414 e. The van der Waals surface area contributed by atoms with E-state index in [9.17, 15) is 4.79 Å². The molecule has 0 spiro atoms. The molecule has 1 heterocycles. The van der Waals surface area contributed by atoms with Gasteiger partial charge in [0.15, 0.2) is 0 Å². The van der Waals surface area contributed by atoms with Crippen LogP contribution in [0.5, 0.6) is 0 Å². The highest BCUT2D eigenvalue weighted by Crippen LogP contribution is 2.05. The lowest BCUT2D eigenvalue weighted by Crippen LogP contribution is -2.32. The number of likely N-dealkylation sites (tertiary alicyclic amines) is 1. The average Bonchev–Trinajstić information content (AvgIpc) is 2.96. The monoisotopic (exact) mass is 299 g/mol. The second-order valence-corrected chi connectivity index (χ2v) is 4.40. The summed E-state index contributed by atoms with van der Waals surface area (Å²) in [7, 11) is 1.72. The molecule has 0 bridgehead atoms. The van der Waals surface area contributed by atoms with E-state index >= 15 is 0 Å². The molecule has 0 unspecified atom stereocenters. The number of nitrogens with zero attached hydrogens (tertiary/aromatic N) is 2. The fourth-order valence-corrected chi connectivity index (χ4v) is 1.53. The van der Waals surface area contributed by atoms with Crippen LogP contribution >= 0.6 is 0 Å². The molecule has 0 aromatic heterocycles. The SMILES string of the molecule is CN(CC#CCN1CCCC1)C(=O)CN.O=C(O)C(=O)O. The zero-order chi connectivity index (χ0) is 16.3. The van der Waals surface area contributed by atoms with Crippen molar-refractivity contribution in [1.82, 2.24) is 9.80 Å². The van der Waals surface area contributed by atoms with E-state index in [0.29, 0.717) is 6.54 Å². The lowest BCUT2D eigenvalue weighted by atomic mass is 10.4. The van der Waals surface area contributed by atoms with E-state index in [1.165, 1.54) is 12.8 Å². The zero-order valence-electron chi connectivity index (χ0n) is 12.0. The number of carboxylic acid groups (broad SMARTS) is 2. The Bertz CT molecular complexity index is 409. The molecular weight excluding hydrogens is 278 g/mol. The minimum absolute atomic E-state index is 0.0598. The van der Waals surface area contributed by atoms with E-state index in [1.54, 1.807) is 11.9 Å². The summed E-state index contributed by atoms with van der Waals surface area (Å²) in [6.07, 6.45) is 2.57. The number of rotatable bonds is 3. The molecular formula is C13H21N3O5. The summed E-state index contributed by atoms with van der Waals surface area (Å²) in [6.45, 7) is 3.68. The molecule has 0 aliphatic carbocycles. The molecule has 4 N–H and O–H groups in total. The molecule has 1 fully saturated rings. The Balaban J connectivity index is 0.000000567. The Morgan fingerprint density at radius 1 is 1.14 bits per heavy atom. The van der Waals surface area contributed by atoms with E-state index in [0.717, 1.165) is 19.6 Å². The summed E-state index contributed by atoms with van der Waals surface area (Å²) in [4.78, 5) is 33.2. The van der Waals surface area contributed by atoms with Crippen LogP contribution in [0.3, 0.4) is 0 Å². The summed E-state index contributed by atoms with van der Waals surface area (Å²) in [5, 5.41) is 14.8. The van der Waals surface area contributed by atoms with Crippen LogP contribution in [0.25, 0.3) is 0 Å². The van der Waals surface area contributed by atoms with Crippen LogP contribution in [0.4, 0.5) is 0 Å². The van der Waals surface area contributed by atoms with Gasteiger partial charge in [-0.05, 0) is 25.9 Å². The van der Waals surface area contributed by atoms with E-state index in [4.69, 9.17) is 25.5 Å². The molecule has 1 aliphatic heterocycles. The molecule has 8 nitrogen and oxygen atoms in total. The number of aliphatic carboxylic acids is 2. The summed E-state index contributed by atoms with van der Waals surface area (Å²) in [6, 6.07) is 0. The van der Waals surface area contributed by atoms with E-state index in [2.05, 4.69) is 16.7 Å². The Kier molecular flexibility index (Phi) is 9.58. The second-order valence-electron chi connectivity index (χ2n) is 4.40. The van der Waals surface area contributed by atoms with Crippen LogP contribution in [-0.2, 0) is 14.4 Å². The van der Waals surface area contributed by atoms with Crippen molar-refractivity contribution in [1.29, 1.82) is 0 Å². The molecule has 118 valence electrons. The number of likely N-dealkylation sites (N-methyl/N-ethyl adjacent to an activating group) is 1. The Hall–Kier alpha value is -2.11. The first-order valence-electron chi connectivity index (χ1n) is 6.46. The average molecular weight is 299 g/mol. The molecule has 1 amide bonds. The van der Waals surface area contributed by atoms with E-state index < -0.39 is 11.9 Å². The molecule has 0 radical (unpaired) electrons. The second kappa shape index (κ2) is 10.7. The fourth-order valence-electron chi connectivity index (χ4n) is 1.53. The topological polar surface area (TPSA) is 124 Å². The summed E-state index contributed by atoms with van der Waals surface area (Å²) >= 11 is 0. The third kappa shape index (κ3) is 9.43. The van der Waals surface area contributed by atoms with Gasteiger partial charge in [0.25, 0.3) is 0 Å². The molecule has 0 aromatic rings. The van der Waals surface area contributed by atoms with Gasteiger partial charge in [-0.15, -0.1) is 0 Å². The molecule has 0 atom stereocenters. The quantitative estimate of drug-likeness (QED) is 0.435. The predicted molar refractivity (Wildman–Crippen MR) is 75.4 cm³/mol. The maximum absolute atomic E-state index is 11.1. The van der Waals surface area contributed by atoms with Crippen molar-refractivity contribution in [2.75, 3.05) is 39.8 Å². The summed E-state index contributed by atoms with van der Waals surface area (Å²) in [5.74, 6) is 2.35. The summed E-state index contributed by atoms with van der Waals surface area (Å²) in [5.41, 5.74) is 5.23. The van der Waals surface area contributed by atoms with Crippen molar-refractivity contribution in [2.45, 2.75) is 12.8 Å². The van der Waals surface area contributed by atoms with Gasteiger partial charge in [0.05, 0.1) is 19.6 Å². The number of carboxylic acids is 2. The van der Waals surface area contributed by atoms with E-state index in [-0.39, 0.29) is 12.5 Å². The maximum atomic E-state index is 11.1. The molecule has 1 aliphatic rings. The highest BCUT2D eigenvalue weighted by Gasteiger charge is 2.09. The number of nitrogens with two attached hydrogens (primary N) is 1. The van der Waals surface area contributed by atoms with Gasteiger partial charge < -0.3 is 20.8 Å². The summed E-state index contributed by atoms with van der Waals surface area (Å²) < 4.78 is 0. The van der Waals surface area contributed by atoms with Crippen LogP contribution in [0.2, 0.25) is 0 Å². The van der Waals surface area contributed by atoms with Gasteiger partial charge in [0, 0.05) is 7.05 Å². The Morgan fingerprint density at radius 3 is 2.10 bits per heavy atom. The van der Waals surface area contributed by atoms with Crippen molar-refractivity contribution in [3.05, 3.63) is 0 Å². The van der Waals surface area contributed by atoms with Crippen molar-refractivity contribution in [3.8, 4) is 11.8 Å². The largest absolute Gasteiger partial charge is 0.473 e. The molecule has 21 heavy (non-hydrogen) atoms. The third-order valence-electron chi connectivity index (χ3n) is 2.73. The number of carbonyl (C=O) groups is 3. The number of hydrogen-bond donors (Lipinski definition) is 3. The smallest absolute Gasteiger partial charge is 0.414 e. The van der Waals surface area contributed by atoms with E-state index in [1.807, 2.05) is 0 Å². The molecule has 8 heteroatoms. The fraction of sp³-hybridized carbons (Fsp3) is 0.615. The lowest BCUT2D eigenvalue weighted by Gasteiger charge is -2.12. The van der Waals surface area contributed by atoms with Crippen LogP contribution < -0.4 is 5.73 Å². The highest BCUT2D eigenvalue weighted by atomic mass is 16.4. The first-order valence-corrected chi connectivity index (χ1v) is 6.46. The van der Waals surface area contributed by atoms with Crippen LogP contribution in [0.1, 0.15) is 12.8 Å². The molecule has 0 aromatic carbocycles. The van der Waals surface area contributed by atoms with Crippen molar-refractivity contribution in [2.24, 2.45) is 5.73 Å². The minimum atomic E-state index is -1.82. The highest BCUT2D eigenvalue weighted by molar-refractivity contribution is 6.27.